The second-order valence-electron chi connectivity index (χ2n) is 11.3. The zero-order valence-corrected chi connectivity index (χ0v) is 27.4. The summed E-state index contributed by atoms with van der Waals surface area (Å²) in [5, 5.41) is 17.1. The first kappa shape index (κ1) is 34.1. The molecule has 2 aliphatic heterocycles. The maximum atomic E-state index is 13.3. The van der Waals surface area contributed by atoms with Gasteiger partial charge in [0, 0.05) is 50.6 Å². The van der Waals surface area contributed by atoms with Crippen LogP contribution in [0.4, 0.5) is 8.78 Å². The molecule has 2 N–H and O–H groups in total. The van der Waals surface area contributed by atoms with E-state index in [0.29, 0.717) is 13.2 Å². The number of rotatable bonds is 2. The van der Waals surface area contributed by atoms with Crippen LogP contribution in [-0.4, -0.2) is 55.2 Å². The fourth-order valence-corrected chi connectivity index (χ4v) is 6.51. The van der Waals surface area contributed by atoms with Gasteiger partial charge in [0.25, 0.3) is 0 Å². The molecule has 2 saturated heterocycles. The van der Waals surface area contributed by atoms with Crippen molar-refractivity contribution in [2.24, 2.45) is 0 Å². The Bertz CT molecular complexity index is 1630. The van der Waals surface area contributed by atoms with Crippen molar-refractivity contribution in [1.82, 2.24) is 0 Å². The van der Waals surface area contributed by atoms with Gasteiger partial charge in [-0.05, 0) is 75.2 Å². The first-order valence-electron chi connectivity index (χ1n) is 14.5. The van der Waals surface area contributed by atoms with E-state index in [9.17, 15) is 8.78 Å². The molecule has 2 heterocycles. The van der Waals surface area contributed by atoms with Crippen LogP contribution in [0.3, 0.4) is 0 Å². The van der Waals surface area contributed by atoms with Gasteiger partial charge in [0.15, 0.2) is 11.6 Å². The summed E-state index contributed by atoms with van der Waals surface area (Å²) < 4.78 is 49.7. The van der Waals surface area contributed by atoms with Crippen molar-refractivity contribution in [3.8, 4) is 11.1 Å². The van der Waals surface area contributed by atoms with Crippen LogP contribution in [0.25, 0.3) is 11.1 Å². The summed E-state index contributed by atoms with van der Waals surface area (Å²) in [5.74, 6) is -1.45. The number of fused-ring (bicyclic) bond motifs is 2. The fraction of sp³-hybridized carbons (Fsp3) is 0.294. The molecule has 45 heavy (non-hydrogen) atoms. The molecule has 238 valence electrons. The van der Waals surface area contributed by atoms with E-state index in [1.165, 1.54) is 46.5 Å². The standard InChI is InChI=1S/C17H15FO2.C11H11BrO2.C6H6BFO2.Pd/c18-16-3-1-2-12(9-16)13-4-5-14-10-17(11-15(14)8-13)19-6-7-20-17;12-10-2-1-8-6-11(7-9(8)5-10)13-3-4-14-11;8-6-3-1-2-5(4-6)7(9)10;/h1-5,8-9H,6-7,10-11H2;1-2,5H,3-4,6-7H2;1-4,9-10H;. The Labute approximate surface area is 283 Å². The molecular weight excluding hydrogens is 740 g/mol. The normalized spacial score (nSPS) is 17.9. The van der Waals surface area contributed by atoms with Gasteiger partial charge in [-0.2, -0.15) is 0 Å². The number of benzene rings is 4. The minimum Gasteiger partial charge on any atom is -0.423 e. The third kappa shape index (κ3) is 8.17. The molecule has 4 aliphatic rings. The van der Waals surface area contributed by atoms with Crippen LogP contribution in [0.15, 0.2) is 89.4 Å². The Balaban J connectivity index is 0.000000141. The van der Waals surface area contributed by atoms with Crippen molar-refractivity contribution < 1.29 is 58.2 Å². The first-order valence-corrected chi connectivity index (χ1v) is 15.3. The number of halogens is 3. The van der Waals surface area contributed by atoms with Crippen LogP contribution >= 0.6 is 15.9 Å². The molecule has 0 saturated carbocycles. The molecule has 2 spiro atoms. The van der Waals surface area contributed by atoms with E-state index in [0.717, 1.165) is 60.6 Å². The SMILES string of the molecule is Brc1ccc2c(c1)CC1(C2)OCCO1.Fc1cccc(-c2ccc3c(c2)CC2(C3)OCCO2)c1.OB(O)c1cccc(F)c1.[Pd]. The van der Waals surface area contributed by atoms with Gasteiger partial charge in [-0.1, -0.05) is 64.5 Å². The summed E-state index contributed by atoms with van der Waals surface area (Å²) >= 11 is 3.48. The van der Waals surface area contributed by atoms with Gasteiger partial charge >= 0.3 is 7.12 Å². The molecule has 0 aromatic heterocycles. The number of ether oxygens (including phenoxy) is 4. The predicted octanol–water partition coefficient (Wildman–Crippen LogP) is 5.13. The zero-order chi connectivity index (χ0) is 30.7. The Morgan fingerprint density at radius 1 is 0.578 bits per heavy atom. The van der Waals surface area contributed by atoms with Crippen molar-refractivity contribution in [3.05, 3.63) is 123 Å². The Morgan fingerprint density at radius 3 is 1.60 bits per heavy atom. The molecule has 2 aliphatic carbocycles. The van der Waals surface area contributed by atoms with Crippen LogP contribution in [0.2, 0.25) is 0 Å². The molecule has 6 nitrogen and oxygen atoms in total. The van der Waals surface area contributed by atoms with E-state index in [1.54, 1.807) is 12.1 Å². The summed E-state index contributed by atoms with van der Waals surface area (Å²) in [5.41, 5.74) is 7.33. The molecule has 4 aromatic carbocycles. The quantitative estimate of drug-likeness (QED) is 0.276. The second-order valence-corrected chi connectivity index (χ2v) is 12.2. The predicted molar refractivity (Wildman–Crippen MR) is 166 cm³/mol. The van der Waals surface area contributed by atoms with Crippen molar-refractivity contribution in [2.45, 2.75) is 37.3 Å². The number of hydrogen-bond donors (Lipinski definition) is 2. The molecule has 0 unspecified atom stereocenters. The van der Waals surface area contributed by atoms with E-state index in [1.807, 2.05) is 12.1 Å². The monoisotopic (exact) mass is 770 g/mol. The van der Waals surface area contributed by atoms with Crippen LogP contribution in [-0.2, 0) is 65.1 Å². The van der Waals surface area contributed by atoms with Gasteiger partial charge in [0.1, 0.15) is 11.6 Å². The van der Waals surface area contributed by atoms with Gasteiger partial charge in [-0.15, -0.1) is 0 Å². The largest absolute Gasteiger partial charge is 0.488 e. The van der Waals surface area contributed by atoms with Crippen LogP contribution in [0.1, 0.15) is 22.3 Å². The molecule has 0 radical (unpaired) electrons. The third-order valence-corrected chi connectivity index (χ3v) is 8.64. The molecule has 0 bridgehead atoms. The van der Waals surface area contributed by atoms with E-state index >= 15 is 0 Å². The average molecular weight is 772 g/mol. The van der Waals surface area contributed by atoms with E-state index < -0.39 is 18.7 Å². The Hall–Kier alpha value is -2.29. The van der Waals surface area contributed by atoms with Gasteiger partial charge < -0.3 is 29.0 Å². The van der Waals surface area contributed by atoms with Crippen molar-refractivity contribution >= 4 is 28.5 Å². The first-order chi connectivity index (χ1) is 21.2. The van der Waals surface area contributed by atoms with Gasteiger partial charge in [0.05, 0.1) is 26.4 Å². The van der Waals surface area contributed by atoms with Gasteiger partial charge in [-0.25, -0.2) is 8.78 Å². The molecule has 0 atom stereocenters. The summed E-state index contributed by atoms with van der Waals surface area (Å²) in [6.45, 7) is 2.81. The smallest absolute Gasteiger partial charge is 0.423 e. The van der Waals surface area contributed by atoms with Gasteiger partial charge in [0.2, 0.25) is 0 Å². The fourth-order valence-electron chi connectivity index (χ4n) is 6.10. The summed E-state index contributed by atoms with van der Waals surface area (Å²) in [7, 11) is -1.59. The minimum absolute atomic E-state index is 0. The molecular formula is C34H32BBrF2O6Pd. The van der Waals surface area contributed by atoms with Crippen LogP contribution in [0.5, 0.6) is 0 Å². The molecule has 4 aromatic rings. The van der Waals surface area contributed by atoms with E-state index in [-0.39, 0.29) is 37.5 Å². The zero-order valence-electron chi connectivity index (χ0n) is 24.3. The third-order valence-electron chi connectivity index (χ3n) is 8.15. The van der Waals surface area contributed by atoms with Crippen LogP contribution in [0, 0.1) is 11.6 Å². The summed E-state index contributed by atoms with van der Waals surface area (Å²) in [6, 6.07) is 24.5. The maximum absolute atomic E-state index is 13.3. The maximum Gasteiger partial charge on any atom is 0.488 e. The number of hydrogen-bond acceptors (Lipinski definition) is 6. The van der Waals surface area contributed by atoms with Crippen molar-refractivity contribution in [2.75, 3.05) is 26.4 Å². The molecule has 2 fully saturated rings. The minimum atomic E-state index is -1.59. The average Bonchev–Trinajstić information content (AvgIpc) is 3.81. The van der Waals surface area contributed by atoms with E-state index in [4.69, 9.17) is 29.0 Å². The Kier molecular flexibility index (Phi) is 11.1. The summed E-state index contributed by atoms with van der Waals surface area (Å²) in [4.78, 5) is 0. The van der Waals surface area contributed by atoms with Crippen molar-refractivity contribution in [3.63, 3.8) is 0 Å². The second kappa shape index (κ2) is 14.6. The van der Waals surface area contributed by atoms with Crippen molar-refractivity contribution in [1.29, 1.82) is 0 Å². The Morgan fingerprint density at radius 2 is 1.07 bits per heavy atom. The molecule has 8 rings (SSSR count). The van der Waals surface area contributed by atoms with Crippen LogP contribution < -0.4 is 5.46 Å². The summed E-state index contributed by atoms with van der Waals surface area (Å²) in [6.07, 6.45) is 3.38. The van der Waals surface area contributed by atoms with Gasteiger partial charge in [-0.3, -0.25) is 0 Å². The topological polar surface area (TPSA) is 77.4 Å². The molecule has 11 heteroatoms. The molecule has 0 amide bonds. The van der Waals surface area contributed by atoms with E-state index in [2.05, 4.69) is 46.3 Å².